The normalized spacial score (nSPS) is 13.9. The van der Waals surface area contributed by atoms with Crippen LogP contribution in [-0.2, 0) is 24.1 Å². The number of nitrogens with zero attached hydrogens (tertiary/aromatic N) is 3. The molecule has 0 aliphatic heterocycles. The number of nitrogens with one attached hydrogen (secondary N) is 1. The summed E-state index contributed by atoms with van der Waals surface area (Å²) in [4.78, 5) is 16.8. The van der Waals surface area contributed by atoms with Gasteiger partial charge in [-0.05, 0) is 61.4 Å². The lowest BCUT2D eigenvalue weighted by atomic mass is 9.93. The number of hydrogen-bond acceptors (Lipinski definition) is 3. The fourth-order valence-electron chi connectivity index (χ4n) is 3.42. The van der Waals surface area contributed by atoms with Crippen molar-refractivity contribution in [2.45, 2.75) is 44.6 Å². The molecule has 4 rings (SSSR count). The highest BCUT2D eigenvalue weighted by Crippen LogP contribution is 2.31. The first-order valence-corrected chi connectivity index (χ1v) is 9.59. The Labute approximate surface area is 159 Å². The second-order valence-electron chi connectivity index (χ2n) is 7.11. The predicted molar refractivity (Wildman–Crippen MR) is 106 cm³/mol. The van der Waals surface area contributed by atoms with Crippen LogP contribution in [0, 0.1) is 0 Å². The Hall–Kier alpha value is -2.95. The summed E-state index contributed by atoms with van der Waals surface area (Å²) in [5.41, 5.74) is 3.45. The molecule has 0 saturated heterocycles. The minimum absolute atomic E-state index is 0.0521. The molecule has 0 atom stereocenters. The van der Waals surface area contributed by atoms with Gasteiger partial charge in [0.2, 0.25) is 5.91 Å². The van der Waals surface area contributed by atoms with Gasteiger partial charge in [0.1, 0.15) is 5.82 Å². The lowest BCUT2D eigenvalue weighted by Crippen LogP contribution is -2.23. The molecule has 1 aliphatic rings. The molecule has 5 nitrogen and oxygen atoms in total. The predicted octanol–water partition coefficient (Wildman–Crippen LogP) is 3.97. The lowest BCUT2D eigenvalue weighted by molar-refractivity contribution is -0.115. The van der Waals surface area contributed by atoms with Gasteiger partial charge in [0.25, 0.3) is 0 Å². The molecule has 1 aromatic carbocycles. The Morgan fingerprint density at radius 1 is 1.04 bits per heavy atom. The van der Waals surface area contributed by atoms with Crippen molar-refractivity contribution >= 4 is 11.7 Å². The molecule has 1 aliphatic carbocycles. The van der Waals surface area contributed by atoms with E-state index in [0.717, 1.165) is 31.4 Å². The van der Waals surface area contributed by atoms with Crippen LogP contribution in [0.3, 0.4) is 0 Å². The number of amides is 1. The second kappa shape index (κ2) is 8.16. The van der Waals surface area contributed by atoms with E-state index >= 15 is 0 Å². The standard InChI is InChI=1S/C22H24N4O/c27-22(16-20-12-14-24-26(20)19-7-4-8-19)25-21-15-18(11-13-23-21)10-9-17-5-2-1-3-6-17/h1-3,5-6,11-15,19H,4,7-10,16H2,(H,23,25,27). The van der Waals surface area contributed by atoms with Crippen LogP contribution < -0.4 is 5.32 Å². The molecule has 2 aromatic heterocycles. The number of hydrogen-bond donors (Lipinski definition) is 1. The van der Waals surface area contributed by atoms with Crippen LogP contribution in [0.25, 0.3) is 0 Å². The summed E-state index contributed by atoms with van der Waals surface area (Å²) in [5.74, 6) is 0.559. The van der Waals surface area contributed by atoms with Crippen LogP contribution in [0.15, 0.2) is 60.9 Å². The molecule has 2 heterocycles. The number of anilines is 1. The van der Waals surface area contributed by atoms with Gasteiger partial charge in [0.05, 0.1) is 12.5 Å². The van der Waals surface area contributed by atoms with Gasteiger partial charge in [-0.15, -0.1) is 0 Å². The highest BCUT2D eigenvalue weighted by molar-refractivity contribution is 5.91. The zero-order chi connectivity index (χ0) is 18.5. The lowest BCUT2D eigenvalue weighted by Gasteiger charge is -2.27. The number of benzene rings is 1. The number of pyridine rings is 1. The van der Waals surface area contributed by atoms with E-state index < -0.39 is 0 Å². The van der Waals surface area contributed by atoms with Crippen molar-refractivity contribution < 1.29 is 4.79 Å². The maximum Gasteiger partial charge on any atom is 0.231 e. The summed E-state index contributed by atoms with van der Waals surface area (Å²) in [6.07, 6.45) is 9.31. The summed E-state index contributed by atoms with van der Waals surface area (Å²) in [6.45, 7) is 0. The monoisotopic (exact) mass is 360 g/mol. The van der Waals surface area contributed by atoms with Crippen molar-refractivity contribution in [1.29, 1.82) is 0 Å². The van der Waals surface area contributed by atoms with E-state index in [4.69, 9.17) is 0 Å². The van der Waals surface area contributed by atoms with E-state index in [-0.39, 0.29) is 5.91 Å². The molecule has 0 radical (unpaired) electrons. The highest BCUT2D eigenvalue weighted by Gasteiger charge is 2.22. The molecule has 0 bridgehead atoms. The summed E-state index contributed by atoms with van der Waals surface area (Å²) >= 11 is 0. The Bertz CT molecular complexity index is 899. The van der Waals surface area contributed by atoms with Crippen molar-refractivity contribution in [2.24, 2.45) is 0 Å². The van der Waals surface area contributed by atoms with Crippen LogP contribution in [0.5, 0.6) is 0 Å². The summed E-state index contributed by atoms with van der Waals surface area (Å²) < 4.78 is 2.01. The molecule has 0 unspecified atom stereocenters. The number of rotatable bonds is 7. The van der Waals surface area contributed by atoms with Gasteiger partial charge in [-0.25, -0.2) is 4.98 Å². The zero-order valence-corrected chi connectivity index (χ0v) is 15.3. The van der Waals surface area contributed by atoms with E-state index in [9.17, 15) is 4.79 Å². The molecular formula is C22H24N4O. The summed E-state index contributed by atoms with van der Waals surface area (Å²) in [5, 5.41) is 7.32. The van der Waals surface area contributed by atoms with Crippen LogP contribution >= 0.6 is 0 Å². The Morgan fingerprint density at radius 2 is 1.85 bits per heavy atom. The molecule has 138 valence electrons. The summed E-state index contributed by atoms with van der Waals surface area (Å²) in [7, 11) is 0. The first-order chi connectivity index (χ1) is 13.3. The number of aryl methyl sites for hydroxylation is 2. The fraction of sp³-hybridized carbons (Fsp3) is 0.318. The van der Waals surface area contributed by atoms with E-state index in [1.54, 1.807) is 12.4 Å². The zero-order valence-electron chi connectivity index (χ0n) is 15.3. The van der Waals surface area contributed by atoms with Crippen molar-refractivity contribution in [3.05, 3.63) is 77.7 Å². The van der Waals surface area contributed by atoms with Crippen molar-refractivity contribution in [3.8, 4) is 0 Å². The molecule has 5 heteroatoms. The van der Waals surface area contributed by atoms with Crippen LogP contribution in [0.4, 0.5) is 5.82 Å². The first kappa shape index (κ1) is 17.5. The minimum Gasteiger partial charge on any atom is -0.310 e. The maximum atomic E-state index is 12.5. The summed E-state index contributed by atoms with van der Waals surface area (Å²) in [6, 6.07) is 16.8. The topological polar surface area (TPSA) is 59.8 Å². The Kier molecular flexibility index (Phi) is 5.28. The second-order valence-corrected chi connectivity index (χ2v) is 7.11. The average molecular weight is 360 g/mol. The third-order valence-corrected chi connectivity index (χ3v) is 5.15. The third-order valence-electron chi connectivity index (χ3n) is 5.15. The quantitative estimate of drug-likeness (QED) is 0.693. The fourth-order valence-corrected chi connectivity index (χ4v) is 3.42. The largest absolute Gasteiger partial charge is 0.310 e. The average Bonchev–Trinajstić information content (AvgIpc) is 3.07. The van der Waals surface area contributed by atoms with Gasteiger partial charge in [-0.3, -0.25) is 9.48 Å². The van der Waals surface area contributed by atoms with Crippen molar-refractivity contribution in [2.75, 3.05) is 5.32 Å². The van der Waals surface area contributed by atoms with Gasteiger partial charge >= 0.3 is 0 Å². The van der Waals surface area contributed by atoms with E-state index in [0.29, 0.717) is 18.3 Å². The van der Waals surface area contributed by atoms with E-state index in [1.807, 2.05) is 28.9 Å². The van der Waals surface area contributed by atoms with Gasteiger partial charge in [0, 0.05) is 18.1 Å². The molecule has 1 N–H and O–H groups in total. The molecular weight excluding hydrogens is 336 g/mol. The van der Waals surface area contributed by atoms with Gasteiger partial charge in [-0.1, -0.05) is 30.3 Å². The van der Waals surface area contributed by atoms with E-state index in [2.05, 4.69) is 39.7 Å². The number of aromatic nitrogens is 3. The first-order valence-electron chi connectivity index (χ1n) is 9.59. The molecule has 27 heavy (non-hydrogen) atoms. The molecule has 0 spiro atoms. The van der Waals surface area contributed by atoms with Gasteiger partial charge in [-0.2, -0.15) is 5.10 Å². The SMILES string of the molecule is O=C(Cc1ccnn1C1CCC1)Nc1cc(CCc2ccccc2)ccn1. The molecule has 1 amide bonds. The third kappa shape index (κ3) is 4.42. The molecule has 3 aromatic rings. The molecule has 1 saturated carbocycles. The van der Waals surface area contributed by atoms with Crippen LogP contribution in [0.1, 0.15) is 42.1 Å². The molecule has 1 fully saturated rings. The van der Waals surface area contributed by atoms with Gasteiger partial charge in [0.15, 0.2) is 0 Å². The Balaban J connectivity index is 1.35. The van der Waals surface area contributed by atoms with E-state index in [1.165, 1.54) is 17.5 Å². The van der Waals surface area contributed by atoms with Crippen LogP contribution in [-0.4, -0.2) is 20.7 Å². The minimum atomic E-state index is -0.0521. The number of carbonyl (C=O) groups is 1. The smallest absolute Gasteiger partial charge is 0.231 e. The Morgan fingerprint density at radius 3 is 2.63 bits per heavy atom. The van der Waals surface area contributed by atoms with Crippen LogP contribution in [0.2, 0.25) is 0 Å². The maximum absolute atomic E-state index is 12.5. The van der Waals surface area contributed by atoms with Crippen molar-refractivity contribution in [1.82, 2.24) is 14.8 Å². The highest BCUT2D eigenvalue weighted by atomic mass is 16.1. The van der Waals surface area contributed by atoms with Gasteiger partial charge < -0.3 is 5.32 Å². The van der Waals surface area contributed by atoms with Crippen molar-refractivity contribution in [3.63, 3.8) is 0 Å². The number of carbonyl (C=O) groups excluding carboxylic acids is 1.